The number of carbonyl (C=O) groups excluding carboxylic acids is 1. The number of halogens is 4. The minimum absolute atomic E-state index is 0.00835. The molecule has 2 heterocycles. The molecule has 3 aromatic rings. The van der Waals surface area contributed by atoms with Crippen molar-refractivity contribution in [1.29, 1.82) is 0 Å². The molecule has 0 spiro atoms. The summed E-state index contributed by atoms with van der Waals surface area (Å²) in [7, 11) is 0. The molecule has 4 rings (SSSR count). The fourth-order valence-electron chi connectivity index (χ4n) is 4.14. The summed E-state index contributed by atoms with van der Waals surface area (Å²) in [6.07, 6.45) is 0.497. The Morgan fingerprint density at radius 1 is 1.23 bits per heavy atom. The van der Waals surface area contributed by atoms with E-state index in [-0.39, 0.29) is 16.6 Å². The smallest absolute Gasteiger partial charge is 0.349 e. The summed E-state index contributed by atoms with van der Waals surface area (Å²) >= 11 is 5.98. The Morgan fingerprint density at radius 2 is 1.97 bits per heavy atom. The van der Waals surface area contributed by atoms with E-state index in [0.29, 0.717) is 5.92 Å². The van der Waals surface area contributed by atoms with E-state index in [1.165, 1.54) is 0 Å². The van der Waals surface area contributed by atoms with Crippen LogP contribution in [0.5, 0.6) is 0 Å². The Hall–Kier alpha value is -2.61. The summed E-state index contributed by atoms with van der Waals surface area (Å²) in [6, 6.07) is 6.61. The second-order valence-electron chi connectivity index (χ2n) is 8.03. The number of hydrogen-bond donors (Lipinski definition) is 1. The molecule has 1 aromatic carbocycles. The monoisotopic (exact) mass is 450 g/mol. The van der Waals surface area contributed by atoms with Gasteiger partial charge in [-0.05, 0) is 68.9 Å². The molecule has 1 saturated carbocycles. The van der Waals surface area contributed by atoms with E-state index in [1.807, 2.05) is 23.7 Å². The van der Waals surface area contributed by atoms with E-state index >= 15 is 0 Å². The molecule has 2 aromatic heterocycles. The highest BCUT2D eigenvalue weighted by atomic mass is 35.5. The second kappa shape index (κ2) is 8.49. The molecule has 1 aliphatic rings. The summed E-state index contributed by atoms with van der Waals surface area (Å²) in [5, 5.41) is 8.48. The molecule has 1 amide bonds. The van der Waals surface area contributed by atoms with Crippen LogP contribution in [0.1, 0.15) is 47.3 Å². The second-order valence-corrected chi connectivity index (χ2v) is 8.43. The molecule has 0 unspecified atom stereocenters. The molecule has 5 nitrogen and oxygen atoms in total. The van der Waals surface area contributed by atoms with E-state index in [2.05, 4.69) is 15.4 Å². The molecule has 164 valence electrons. The normalized spacial score (nSPS) is 19.5. The van der Waals surface area contributed by atoms with Gasteiger partial charge in [0.1, 0.15) is 0 Å². The van der Waals surface area contributed by atoms with Gasteiger partial charge in [-0.3, -0.25) is 9.48 Å². The zero-order valence-corrected chi connectivity index (χ0v) is 17.7. The lowest BCUT2D eigenvalue weighted by Gasteiger charge is -2.29. The van der Waals surface area contributed by atoms with Crippen molar-refractivity contribution in [2.75, 3.05) is 0 Å². The summed E-state index contributed by atoms with van der Waals surface area (Å²) in [6.45, 7) is 2.81. The molecule has 0 saturated heterocycles. The van der Waals surface area contributed by atoms with Gasteiger partial charge in [-0.25, -0.2) is 4.98 Å². The van der Waals surface area contributed by atoms with E-state index in [4.69, 9.17) is 11.6 Å². The van der Waals surface area contributed by atoms with Crippen molar-refractivity contribution in [2.24, 2.45) is 5.92 Å². The molecule has 0 atom stereocenters. The van der Waals surface area contributed by atoms with Crippen molar-refractivity contribution >= 4 is 28.5 Å². The third-order valence-electron chi connectivity index (χ3n) is 5.93. The fraction of sp³-hybridized carbons (Fsp3) is 0.409. The van der Waals surface area contributed by atoms with Gasteiger partial charge in [-0.15, -0.1) is 0 Å². The molecule has 0 aliphatic heterocycles. The standard InChI is InChI=1S/C22H22ClF3N4O/c1-13-17-3-2-10-27-20(17)29-30(13)12-14-4-7-16(8-5-14)28-21(31)18-11-15(22(24,25)26)6-9-19(18)23/h2-3,6,9-11,14,16H,4-5,7-8,12H2,1H3,(H,28,31). The number of benzene rings is 1. The first-order valence-electron chi connectivity index (χ1n) is 10.2. The number of fused-ring (bicyclic) bond motifs is 1. The van der Waals surface area contributed by atoms with Crippen LogP contribution in [0.25, 0.3) is 11.0 Å². The largest absolute Gasteiger partial charge is 0.416 e. The Bertz CT molecular complexity index is 1100. The lowest BCUT2D eigenvalue weighted by molar-refractivity contribution is -0.137. The van der Waals surface area contributed by atoms with E-state index < -0.39 is 17.6 Å². The van der Waals surface area contributed by atoms with Gasteiger partial charge in [-0.1, -0.05) is 11.6 Å². The maximum Gasteiger partial charge on any atom is 0.416 e. The summed E-state index contributed by atoms with van der Waals surface area (Å²) in [4.78, 5) is 16.8. The first-order chi connectivity index (χ1) is 14.7. The third-order valence-corrected chi connectivity index (χ3v) is 6.26. The molecule has 0 bridgehead atoms. The molecule has 9 heteroatoms. The van der Waals surface area contributed by atoms with Gasteiger partial charge >= 0.3 is 6.18 Å². The average molecular weight is 451 g/mol. The number of alkyl halides is 3. The molecule has 1 N–H and O–H groups in total. The highest BCUT2D eigenvalue weighted by Gasteiger charge is 2.32. The molecular formula is C22H22ClF3N4O. The Balaban J connectivity index is 1.36. The highest BCUT2D eigenvalue weighted by molar-refractivity contribution is 6.33. The lowest BCUT2D eigenvalue weighted by atomic mass is 9.86. The predicted octanol–water partition coefficient (Wildman–Crippen LogP) is 5.40. The van der Waals surface area contributed by atoms with Crippen LogP contribution in [0, 0.1) is 12.8 Å². The van der Waals surface area contributed by atoms with Crippen LogP contribution in [0.2, 0.25) is 5.02 Å². The number of nitrogens with one attached hydrogen (secondary N) is 1. The first-order valence-corrected chi connectivity index (χ1v) is 10.6. The molecule has 1 aliphatic carbocycles. The van der Waals surface area contributed by atoms with Crippen LogP contribution in [0.3, 0.4) is 0 Å². The van der Waals surface area contributed by atoms with Crippen LogP contribution in [0.4, 0.5) is 13.2 Å². The molecule has 0 radical (unpaired) electrons. The van der Waals surface area contributed by atoms with E-state index in [9.17, 15) is 18.0 Å². The van der Waals surface area contributed by atoms with Crippen molar-refractivity contribution in [3.8, 4) is 0 Å². The zero-order valence-electron chi connectivity index (χ0n) is 16.9. The van der Waals surface area contributed by atoms with E-state index in [0.717, 1.165) is 67.2 Å². The minimum atomic E-state index is -4.53. The van der Waals surface area contributed by atoms with Crippen LogP contribution in [0.15, 0.2) is 36.5 Å². The summed E-state index contributed by atoms with van der Waals surface area (Å²) in [5.74, 6) is -0.155. The summed E-state index contributed by atoms with van der Waals surface area (Å²) < 4.78 is 40.9. The molecular weight excluding hydrogens is 429 g/mol. The Labute approximate surface area is 182 Å². The number of amides is 1. The van der Waals surface area contributed by atoms with Crippen molar-refractivity contribution in [3.05, 3.63) is 58.4 Å². The molecule has 1 fully saturated rings. The zero-order chi connectivity index (χ0) is 22.2. The van der Waals surface area contributed by atoms with Crippen LogP contribution in [-0.2, 0) is 12.7 Å². The topological polar surface area (TPSA) is 59.8 Å². The summed E-state index contributed by atoms with van der Waals surface area (Å²) in [5.41, 5.74) is 0.781. The van der Waals surface area contributed by atoms with Crippen molar-refractivity contribution in [1.82, 2.24) is 20.1 Å². The number of aryl methyl sites for hydroxylation is 1. The SMILES string of the molecule is Cc1c2cccnc2nn1CC1CCC(NC(=O)c2cc(C(F)(F)F)ccc2Cl)CC1. The molecule has 31 heavy (non-hydrogen) atoms. The Kier molecular flexibility index (Phi) is 5.92. The number of nitrogens with zero attached hydrogens (tertiary/aromatic N) is 3. The number of aromatic nitrogens is 3. The maximum absolute atomic E-state index is 13.0. The van der Waals surface area contributed by atoms with Gasteiger partial charge in [0.15, 0.2) is 5.65 Å². The van der Waals surface area contributed by atoms with Gasteiger partial charge in [0.25, 0.3) is 5.91 Å². The van der Waals surface area contributed by atoms with Gasteiger partial charge in [0.2, 0.25) is 0 Å². The van der Waals surface area contributed by atoms with Crippen molar-refractivity contribution in [2.45, 2.75) is 51.4 Å². The number of hydrogen-bond acceptors (Lipinski definition) is 3. The number of carbonyl (C=O) groups is 1. The minimum Gasteiger partial charge on any atom is -0.349 e. The third kappa shape index (κ3) is 4.69. The van der Waals surface area contributed by atoms with Crippen LogP contribution < -0.4 is 5.32 Å². The maximum atomic E-state index is 13.0. The van der Waals surface area contributed by atoms with Gasteiger partial charge in [-0.2, -0.15) is 18.3 Å². The van der Waals surface area contributed by atoms with Crippen LogP contribution in [-0.4, -0.2) is 26.7 Å². The number of pyridine rings is 1. The fourth-order valence-corrected chi connectivity index (χ4v) is 4.34. The van der Waals surface area contributed by atoms with Crippen molar-refractivity contribution in [3.63, 3.8) is 0 Å². The predicted molar refractivity (Wildman–Crippen MR) is 112 cm³/mol. The van der Waals surface area contributed by atoms with Gasteiger partial charge in [0.05, 0.1) is 16.1 Å². The van der Waals surface area contributed by atoms with E-state index in [1.54, 1.807) is 6.20 Å². The highest BCUT2D eigenvalue weighted by Crippen LogP contribution is 2.32. The lowest BCUT2D eigenvalue weighted by Crippen LogP contribution is -2.38. The van der Waals surface area contributed by atoms with Crippen LogP contribution >= 0.6 is 11.6 Å². The Morgan fingerprint density at radius 3 is 2.65 bits per heavy atom. The quantitative estimate of drug-likeness (QED) is 0.579. The number of rotatable bonds is 4. The first kappa shape index (κ1) is 21.6. The van der Waals surface area contributed by atoms with Gasteiger partial charge in [0, 0.05) is 29.9 Å². The average Bonchev–Trinajstić information content (AvgIpc) is 3.04. The van der Waals surface area contributed by atoms with Gasteiger partial charge < -0.3 is 5.32 Å². The van der Waals surface area contributed by atoms with Crippen molar-refractivity contribution < 1.29 is 18.0 Å².